The molecule has 2 aliphatic heterocycles. The molecule has 0 saturated carbocycles. The van der Waals surface area contributed by atoms with Crippen LogP contribution in [-0.2, 0) is 9.47 Å². The van der Waals surface area contributed by atoms with E-state index in [-0.39, 0.29) is 11.5 Å². The molecule has 0 bridgehead atoms. The molecule has 2 saturated heterocycles. The quantitative estimate of drug-likeness (QED) is 0.903. The molecule has 20 heavy (non-hydrogen) atoms. The molecule has 0 radical (unpaired) electrons. The summed E-state index contributed by atoms with van der Waals surface area (Å²) in [6.45, 7) is 2.07. The highest BCUT2D eigenvalue weighted by molar-refractivity contribution is 5.14. The van der Waals surface area contributed by atoms with E-state index in [1.807, 2.05) is 0 Å². The summed E-state index contributed by atoms with van der Waals surface area (Å²) in [6.07, 6.45) is 5.35. The molecule has 2 atom stereocenters. The van der Waals surface area contributed by atoms with Crippen molar-refractivity contribution in [2.45, 2.75) is 37.4 Å². The molecule has 5 heteroatoms. The normalized spacial score (nSPS) is 27.4. The van der Waals surface area contributed by atoms with Crippen LogP contribution in [0.3, 0.4) is 0 Å². The molecule has 3 rings (SSSR count). The van der Waals surface area contributed by atoms with Crippen molar-refractivity contribution < 1.29 is 19.0 Å². The van der Waals surface area contributed by atoms with Crippen molar-refractivity contribution in [3.05, 3.63) is 29.8 Å². The van der Waals surface area contributed by atoms with Gasteiger partial charge in [0, 0.05) is 31.6 Å². The fourth-order valence-corrected chi connectivity index (χ4v) is 3.29. The molecule has 2 fully saturated rings. The topological polar surface area (TPSA) is 51.6 Å². The predicted molar refractivity (Wildman–Crippen MR) is 70.6 cm³/mol. The maximum absolute atomic E-state index is 13.2. The summed E-state index contributed by atoms with van der Waals surface area (Å²) < 4.78 is 24.6. The molecule has 1 aromatic heterocycles. The average molecular weight is 281 g/mol. The summed E-state index contributed by atoms with van der Waals surface area (Å²) in [5.74, 6) is -0.320. The number of aliphatic hydroxyl groups is 1. The van der Waals surface area contributed by atoms with Gasteiger partial charge in [0.2, 0.25) is 0 Å². The van der Waals surface area contributed by atoms with Gasteiger partial charge in [-0.15, -0.1) is 0 Å². The number of aliphatic hydroxyl groups excluding tert-OH is 1. The lowest BCUT2D eigenvalue weighted by Crippen LogP contribution is -2.45. The van der Waals surface area contributed by atoms with E-state index in [2.05, 4.69) is 4.98 Å². The summed E-state index contributed by atoms with van der Waals surface area (Å²) in [5.41, 5.74) is 0.391. The zero-order valence-electron chi connectivity index (χ0n) is 11.4. The molecule has 110 valence electrons. The number of halogens is 1. The third-order valence-electron chi connectivity index (χ3n) is 4.45. The largest absolute Gasteiger partial charge is 0.388 e. The summed E-state index contributed by atoms with van der Waals surface area (Å²) >= 11 is 0. The van der Waals surface area contributed by atoms with E-state index in [1.165, 1.54) is 6.07 Å². The minimum absolute atomic E-state index is 0.0884. The predicted octanol–water partition coefficient (Wildman–Crippen LogP) is 2.23. The maximum atomic E-state index is 13.2. The summed E-state index contributed by atoms with van der Waals surface area (Å²) in [6, 6.07) is 1.36. The second kappa shape index (κ2) is 5.76. The van der Waals surface area contributed by atoms with E-state index in [0.29, 0.717) is 25.4 Å². The van der Waals surface area contributed by atoms with Crippen molar-refractivity contribution in [3.63, 3.8) is 0 Å². The zero-order chi connectivity index (χ0) is 14.0. The Morgan fingerprint density at radius 2 is 2.10 bits per heavy atom. The molecule has 4 nitrogen and oxygen atoms in total. The Balaban J connectivity index is 1.73. The van der Waals surface area contributed by atoms with Crippen molar-refractivity contribution >= 4 is 0 Å². The van der Waals surface area contributed by atoms with Gasteiger partial charge in [0.15, 0.2) is 0 Å². The third-order valence-corrected chi connectivity index (χ3v) is 4.45. The van der Waals surface area contributed by atoms with E-state index in [9.17, 15) is 9.50 Å². The first-order valence-electron chi connectivity index (χ1n) is 7.19. The van der Waals surface area contributed by atoms with Crippen LogP contribution in [0.25, 0.3) is 0 Å². The lowest BCUT2D eigenvalue weighted by atomic mass is 9.77. The Morgan fingerprint density at radius 3 is 2.85 bits per heavy atom. The highest BCUT2D eigenvalue weighted by atomic mass is 19.1. The van der Waals surface area contributed by atoms with Gasteiger partial charge in [-0.3, -0.25) is 4.98 Å². The molecule has 2 unspecified atom stereocenters. The number of pyridine rings is 1. The molecule has 2 aliphatic rings. The van der Waals surface area contributed by atoms with Crippen molar-refractivity contribution in [1.29, 1.82) is 0 Å². The molecular formula is C15H20FNO3. The Bertz CT molecular complexity index is 457. The highest BCUT2D eigenvalue weighted by Gasteiger charge is 2.41. The molecule has 3 heterocycles. The van der Waals surface area contributed by atoms with Gasteiger partial charge in [-0.2, -0.15) is 0 Å². The van der Waals surface area contributed by atoms with Crippen molar-refractivity contribution in [3.8, 4) is 0 Å². The van der Waals surface area contributed by atoms with Crippen LogP contribution in [0.5, 0.6) is 0 Å². The summed E-state index contributed by atoms with van der Waals surface area (Å²) in [7, 11) is 0. The smallest absolute Gasteiger partial charge is 0.141 e. The second-order valence-electron chi connectivity index (χ2n) is 5.78. The minimum Gasteiger partial charge on any atom is -0.388 e. The van der Waals surface area contributed by atoms with Gasteiger partial charge in [-0.1, -0.05) is 0 Å². The van der Waals surface area contributed by atoms with Crippen LogP contribution >= 0.6 is 0 Å². The van der Waals surface area contributed by atoms with Gasteiger partial charge in [0.25, 0.3) is 0 Å². The number of hydrogen-bond donors (Lipinski definition) is 1. The molecule has 1 N–H and O–H groups in total. The third kappa shape index (κ3) is 2.85. The zero-order valence-corrected chi connectivity index (χ0v) is 11.4. The van der Waals surface area contributed by atoms with E-state index < -0.39 is 11.9 Å². The summed E-state index contributed by atoms with van der Waals surface area (Å²) in [5, 5.41) is 10.5. The molecule has 0 aromatic carbocycles. The van der Waals surface area contributed by atoms with Crippen LogP contribution < -0.4 is 0 Å². The van der Waals surface area contributed by atoms with Gasteiger partial charge in [0.05, 0.1) is 17.9 Å². The van der Waals surface area contributed by atoms with E-state index in [0.717, 1.165) is 31.9 Å². The fraction of sp³-hybridized carbons (Fsp3) is 0.667. The first kappa shape index (κ1) is 13.9. The van der Waals surface area contributed by atoms with Crippen LogP contribution in [-0.4, -0.2) is 35.5 Å². The Hall–Kier alpha value is -1.04. The molecule has 1 aromatic rings. The van der Waals surface area contributed by atoms with Gasteiger partial charge in [0.1, 0.15) is 5.82 Å². The average Bonchev–Trinajstić information content (AvgIpc) is 2.47. The van der Waals surface area contributed by atoms with Crippen LogP contribution in [0.2, 0.25) is 0 Å². The number of ether oxygens (including phenoxy) is 2. The Kier molecular flexibility index (Phi) is 4.01. The lowest BCUT2D eigenvalue weighted by Gasteiger charge is -2.44. The molecule has 0 amide bonds. The van der Waals surface area contributed by atoms with Gasteiger partial charge >= 0.3 is 0 Å². The van der Waals surface area contributed by atoms with Gasteiger partial charge in [-0.05, 0) is 37.7 Å². The first-order chi connectivity index (χ1) is 9.69. The second-order valence-corrected chi connectivity index (χ2v) is 5.78. The van der Waals surface area contributed by atoms with Crippen molar-refractivity contribution in [1.82, 2.24) is 4.98 Å². The van der Waals surface area contributed by atoms with Crippen molar-refractivity contribution in [2.24, 2.45) is 5.92 Å². The van der Waals surface area contributed by atoms with E-state index in [4.69, 9.17) is 9.47 Å². The van der Waals surface area contributed by atoms with E-state index >= 15 is 0 Å². The van der Waals surface area contributed by atoms with Gasteiger partial charge < -0.3 is 14.6 Å². The summed E-state index contributed by atoms with van der Waals surface area (Å²) in [4.78, 5) is 3.82. The van der Waals surface area contributed by atoms with Crippen LogP contribution in [0.15, 0.2) is 18.5 Å². The molecular weight excluding hydrogens is 261 g/mol. The SMILES string of the molecule is OC(c1cncc(F)c1)C1CCOC2(CCOCC2)C1. The van der Waals surface area contributed by atoms with E-state index in [1.54, 1.807) is 6.20 Å². The van der Waals surface area contributed by atoms with Crippen LogP contribution in [0, 0.1) is 11.7 Å². The monoisotopic (exact) mass is 281 g/mol. The van der Waals surface area contributed by atoms with Gasteiger partial charge in [-0.25, -0.2) is 4.39 Å². The van der Waals surface area contributed by atoms with Crippen molar-refractivity contribution in [2.75, 3.05) is 19.8 Å². The number of hydrogen-bond acceptors (Lipinski definition) is 4. The standard InChI is InChI=1S/C15H20FNO3/c16-13-7-12(9-17-10-13)14(18)11-1-4-20-15(8-11)2-5-19-6-3-15/h7,9-11,14,18H,1-6,8H2. The Morgan fingerprint density at radius 1 is 1.30 bits per heavy atom. The van der Waals surface area contributed by atoms with Crippen LogP contribution in [0.4, 0.5) is 4.39 Å². The lowest BCUT2D eigenvalue weighted by molar-refractivity contribution is -0.159. The maximum Gasteiger partial charge on any atom is 0.141 e. The minimum atomic E-state index is -0.679. The fourth-order valence-electron chi connectivity index (χ4n) is 3.29. The molecule has 1 spiro atoms. The number of nitrogens with zero attached hydrogens (tertiary/aromatic N) is 1. The number of rotatable bonds is 2. The Labute approximate surface area is 117 Å². The highest BCUT2D eigenvalue weighted by Crippen LogP contribution is 2.41. The molecule has 0 aliphatic carbocycles. The van der Waals surface area contributed by atoms with Crippen LogP contribution in [0.1, 0.15) is 37.4 Å². The number of aromatic nitrogens is 1. The first-order valence-corrected chi connectivity index (χ1v) is 7.19.